The lowest BCUT2D eigenvalue weighted by molar-refractivity contribution is -0.384. The fourth-order valence-electron chi connectivity index (χ4n) is 5.24. The van der Waals surface area contributed by atoms with Crippen molar-refractivity contribution in [3.8, 4) is 11.5 Å². The van der Waals surface area contributed by atoms with Crippen molar-refractivity contribution in [2.24, 2.45) is 5.41 Å². The molecule has 202 valence electrons. The lowest BCUT2D eigenvalue weighted by Gasteiger charge is -2.38. The Morgan fingerprint density at radius 1 is 1.10 bits per heavy atom. The number of fused-ring (bicyclic) bond motifs is 1. The summed E-state index contributed by atoms with van der Waals surface area (Å²) in [5.41, 5.74) is 2.53. The number of allylic oxidation sites excluding steroid dienone is 2. The number of H-pyrrole nitrogens is 1. The molecule has 0 saturated heterocycles. The molecule has 2 aliphatic rings. The van der Waals surface area contributed by atoms with Gasteiger partial charge in [-0.25, -0.2) is 4.98 Å². The maximum Gasteiger partial charge on any atom is 0.269 e. The minimum Gasteiger partial charge on any atom is -0.493 e. The molecule has 3 aromatic rings. The summed E-state index contributed by atoms with van der Waals surface area (Å²) in [5, 5.41) is 14.8. The fraction of sp³-hybridized carbons (Fsp3) is 0.321. The topological polar surface area (TPSA) is 136 Å². The van der Waals surface area contributed by atoms with Crippen LogP contribution in [0, 0.1) is 15.5 Å². The largest absolute Gasteiger partial charge is 0.493 e. The van der Waals surface area contributed by atoms with E-state index in [1.54, 1.807) is 31.4 Å². The Labute approximate surface area is 229 Å². The van der Waals surface area contributed by atoms with Gasteiger partial charge in [0.05, 0.1) is 24.7 Å². The second-order valence-corrected chi connectivity index (χ2v) is 11.3. The van der Waals surface area contributed by atoms with Gasteiger partial charge in [0.2, 0.25) is 0 Å². The molecule has 2 heterocycles. The summed E-state index contributed by atoms with van der Waals surface area (Å²) in [6.45, 7) is 4.09. The Balaban J connectivity index is 1.58. The average molecular weight is 549 g/mol. The van der Waals surface area contributed by atoms with E-state index in [9.17, 15) is 19.7 Å². The van der Waals surface area contributed by atoms with E-state index >= 15 is 0 Å². The Morgan fingerprint density at radius 2 is 1.87 bits per heavy atom. The van der Waals surface area contributed by atoms with Crippen LogP contribution in [0.1, 0.15) is 49.3 Å². The number of hydrogen-bond acceptors (Lipinski definition) is 9. The average Bonchev–Trinajstić information content (AvgIpc) is 2.89. The summed E-state index contributed by atoms with van der Waals surface area (Å²) in [5.74, 6) is 1.16. The van der Waals surface area contributed by atoms with Crippen LogP contribution in [0.15, 0.2) is 63.7 Å². The number of nitro benzene ring substituents is 1. The monoisotopic (exact) mass is 548 g/mol. The highest BCUT2D eigenvalue weighted by Crippen LogP contribution is 2.48. The van der Waals surface area contributed by atoms with E-state index < -0.39 is 10.8 Å². The smallest absolute Gasteiger partial charge is 0.269 e. The maximum atomic E-state index is 13.6. The van der Waals surface area contributed by atoms with Crippen molar-refractivity contribution in [3.05, 3.63) is 90.9 Å². The molecule has 0 fully saturated rings. The first-order valence-corrected chi connectivity index (χ1v) is 13.3. The number of nitrogens with one attached hydrogen (secondary N) is 2. The van der Waals surface area contributed by atoms with Crippen molar-refractivity contribution in [1.29, 1.82) is 0 Å². The van der Waals surface area contributed by atoms with Crippen molar-refractivity contribution in [3.63, 3.8) is 0 Å². The molecule has 11 heteroatoms. The SMILES string of the molecule is COc1ccc(C2C3=C(CC(C)(C)CC3=O)Nc3nc(SCc4cccc([N+](=O)[O-])c4)[nH]c(=O)c32)cc1OC. The van der Waals surface area contributed by atoms with Gasteiger partial charge in [-0.05, 0) is 35.1 Å². The van der Waals surface area contributed by atoms with Gasteiger partial charge in [0, 0.05) is 41.5 Å². The van der Waals surface area contributed by atoms with E-state index in [4.69, 9.17) is 14.5 Å². The number of anilines is 1. The third-order valence-electron chi connectivity index (χ3n) is 6.94. The number of rotatable bonds is 7. The molecule has 1 aliphatic heterocycles. The molecule has 2 aromatic carbocycles. The standard InChI is InChI=1S/C28H28N4O6S/c1-28(2)12-18-23(19(33)13-28)22(16-8-9-20(37-3)21(11-16)38-4)24-25(29-18)30-27(31-26(24)34)39-14-15-6-5-7-17(10-15)32(35)36/h5-11,22H,12-14H2,1-4H3,(H2,29,30,31,34). The number of carbonyl (C=O) groups excluding carboxylic acids is 1. The van der Waals surface area contributed by atoms with Gasteiger partial charge in [0.1, 0.15) is 5.82 Å². The van der Waals surface area contributed by atoms with Gasteiger partial charge in [-0.3, -0.25) is 19.7 Å². The number of benzene rings is 2. The number of carbonyl (C=O) groups is 1. The van der Waals surface area contributed by atoms with Crippen LogP contribution in [-0.2, 0) is 10.5 Å². The quantitative estimate of drug-likeness (QED) is 0.177. The molecule has 1 atom stereocenters. The van der Waals surface area contributed by atoms with Crippen LogP contribution in [0.4, 0.5) is 11.5 Å². The van der Waals surface area contributed by atoms with Crippen LogP contribution >= 0.6 is 11.8 Å². The van der Waals surface area contributed by atoms with E-state index in [0.29, 0.717) is 52.2 Å². The molecule has 0 saturated carbocycles. The molecule has 5 rings (SSSR count). The van der Waals surface area contributed by atoms with Gasteiger partial charge in [-0.1, -0.05) is 43.8 Å². The van der Waals surface area contributed by atoms with E-state index in [1.807, 2.05) is 19.9 Å². The van der Waals surface area contributed by atoms with Gasteiger partial charge in [0.15, 0.2) is 22.4 Å². The summed E-state index contributed by atoms with van der Waals surface area (Å²) in [4.78, 5) is 45.3. The second kappa shape index (κ2) is 10.2. The third kappa shape index (κ3) is 5.14. The van der Waals surface area contributed by atoms with Crippen molar-refractivity contribution in [1.82, 2.24) is 9.97 Å². The molecule has 1 unspecified atom stereocenters. The molecular weight excluding hydrogens is 520 g/mol. The molecule has 0 amide bonds. The minimum absolute atomic E-state index is 0.00321. The Morgan fingerprint density at radius 3 is 2.59 bits per heavy atom. The maximum absolute atomic E-state index is 13.6. The number of nitrogens with zero attached hydrogens (tertiary/aromatic N) is 2. The van der Waals surface area contributed by atoms with Crippen LogP contribution < -0.4 is 20.3 Å². The molecule has 1 aromatic heterocycles. The molecule has 1 aliphatic carbocycles. The zero-order valence-corrected chi connectivity index (χ0v) is 22.8. The normalized spacial score (nSPS) is 17.6. The number of hydrogen-bond donors (Lipinski definition) is 2. The summed E-state index contributed by atoms with van der Waals surface area (Å²) in [7, 11) is 3.09. The third-order valence-corrected chi connectivity index (χ3v) is 7.88. The summed E-state index contributed by atoms with van der Waals surface area (Å²) < 4.78 is 10.9. The first kappa shape index (κ1) is 26.5. The molecule has 10 nitrogen and oxygen atoms in total. The lowest BCUT2D eigenvalue weighted by Crippen LogP contribution is -2.37. The van der Waals surface area contributed by atoms with E-state index in [0.717, 1.165) is 16.8 Å². The van der Waals surface area contributed by atoms with E-state index in [-0.39, 0.29) is 22.4 Å². The second-order valence-electron chi connectivity index (χ2n) is 10.4. The lowest BCUT2D eigenvalue weighted by atomic mass is 9.69. The van der Waals surface area contributed by atoms with Crippen LogP contribution in [0.2, 0.25) is 0 Å². The van der Waals surface area contributed by atoms with E-state index in [2.05, 4.69) is 10.3 Å². The van der Waals surface area contributed by atoms with Gasteiger partial charge in [-0.15, -0.1) is 0 Å². The van der Waals surface area contributed by atoms with Crippen LogP contribution in [0.5, 0.6) is 11.5 Å². The van der Waals surface area contributed by atoms with E-state index in [1.165, 1.54) is 31.0 Å². The molecule has 2 N–H and O–H groups in total. The summed E-state index contributed by atoms with van der Waals surface area (Å²) >= 11 is 1.27. The van der Waals surface area contributed by atoms with Crippen LogP contribution in [0.3, 0.4) is 0 Å². The Kier molecular flexibility index (Phi) is 6.94. The summed E-state index contributed by atoms with van der Waals surface area (Å²) in [6, 6.07) is 11.7. The number of ether oxygens (including phenoxy) is 2. The number of non-ortho nitro benzene ring substituents is 1. The number of aromatic amines is 1. The van der Waals surface area contributed by atoms with Gasteiger partial charge in [0.25, 0.3) is 11.2 Å². The zero-order valence-electron chi connectivity index (χ0n) is 22.0. The van der Waals surface area contributed by atoms with Crippen LogP contribution in [-0.4, -0.2) is 34.9 Å². The highest BCUT2D eigenvalue weighted by Gasteiger charge is 2.42. The van der Waals surface area contributed by atoms with Crippen molar-refractivity contribution in [2.75, 3.05) is 19.5 Å². The zero-order chi connectivity index (χ0) is 27.9. The number of methoxy groups -OCH3 is 2. The molecule has 39 heavy (non-hydrogen) atoms. The van der Waals surface area contributed by atoms with Gasteiger partial charge >= 0.3 is 0 Å². The highest BCUT2D eigenvalue weighted by molar-refractivity contribution is 7.98. The van der Waals surface area contributed by atoms with Crippen molar-refractivity contribution >= 4 is 29.1 Å². The molecular formula is C28H28N4O6S. The molecule has 0 spiro atoms. The fourth-order valence-corrected chi connectivity index (χ4v) is 6.04. The Bertz CT molecular complexity index is 1580. The number of Topliss-reactive ketones (excluding diaryl/α,β-unsaturated/α-hetero) is 1. The van der Waals surface area contributed by atoms with Gasteiger partial charge in [-0.2, -0.15) is 0 Å². The van der Waals surface area contributed by atoms with Crippen molar-refractivity contribution < 1.29 is 19.2 Å². The number of thioether (sulfide) groups is 1. The first-order chi connectivity index (χ1) is 18.6. The number of aromatic nitrogens is 2. The Hall–Kier alpha value is -4.12. The van der Waals surface area contributed by atoms with Crippen LogP contribution in [0.25, 0.3) is 0 Å². The predicted octanol–water partition coefficient (Wildman–Crippen LogP) is 5.19. The number of nitro groups is 1. The summed E-state index contributed by atoms with van der Waals surface area (Å²) in [6.07, 6.45) is 0.997. The molecule has 0 radical (unpaired) electrons. The predicted molar refractivity (Wildman–Crippen MR) is 148 cm³/mol. The number of ketones is 1. The molecule has 0 bridgehead atoms. The van der Waals surface area contributed by atoms with Crippen molar-refractivity contribution in [2.45, 2.75) is 43.5 Å². The highest BCUT2D eigenvalue weighted by atomic mass is 32.2. The first-order valence-electron chi connectivity index (χ1n) is 12.4. The van der Waals surface area contributed by atoms with Gasteiger partial charge < -0.3 is 19.8 Å². The minimum atomic E-state index is -0.633.